The van der Waals surface area contributed by atoms with Gasteiger partial charge in [-0.25, -0.2) is 0 Å². The summed E-state index contributed by atoms with van der Waals surface area (Å²) < 4.78 is 0.966. The van der Waals surface area contributed by atoms with Crippen molar-refractivity contribution in [1.82, 2.24) is 0 Å². The van der Waals surface area contributed by atoms with Crippen LogP contribution in [0, 0.1) is 6.92 Å². The number of halogens is 2. The summed E-state index contributed by atoms with van der Waals surface area (Å²) in [6, 6.07) is 5.83. The van der Waals surface area contributed by atoms with E-state index in [9.17, 15) is 4.79 Å². The van der Waals surface area contributed by atoms with Crippen molar-refractivity contribution in [1.29, 1.82) is 0 Å². The van der Waals surface area contributed by atoms with Gasteiger partial charge in [-0.05, 0) is 24.6 Å². The molecule has 0 aliphatic rings. The molecule has 2 nitrogen and oxygen atoms in total. The van der Waals surface area contributed by atoms with Crippen molar-refractivity contribution in [3.63, 3.8) is 0 Å². The van der Waals surface area contributed by atoms with E-state index in [1.165, 1.54) is 0 Å². The van der Waals surface area contributed by atoms with Crippen molar-refractivity contribution < 1.29 is 4.79 Å². The first kappa shape index (κ1) is 10.7. The molecule has 0 fully saturated rings. The van der Waals surface area contributed by atoms with Crippen LogP contribution in [0.25, 0.3) is 0 Å². The number of anilines is 1. The van der Waals surface area contributed by atoms with E-state index in [0.29, 0.717) is 0 Å². The second kappa shape index (κ2) is 4.24. The molecule has 0 heterocycles. The molecule has 0 aliphatic carbocycles. The Kier molecular flexibility index (Phi) is 3.50. The first-order valence-electron chi connectivity index (χ1n) is 3.71. The lowest BCUT2D eigenvalue weighted by Crippen LogP contribution is -2.19. The summed E-state index contributed by atoms with van der Waals surface area (Å²) in [6.07, 6.45) is 0. The third kappa shape index (κ3) is 2.54. The smallest absolute Gasteiger partial charge is 0.293 e. The molecule has 0 saturated heterocycles. The van der Waals surface area contributed by atoms with Crippen LogP contribution in [0.1, 0.15) is 5.56 Å². The molecule has 0 atom stereocenters. The van der Waals surface area contributed by atoms with Gasteiger partial charge in [-0.3, -0.25) is 4.79 Å². The number of hydrogen-bond donors (Lipinski definition) is 0. The minimum atomic E-state index is -0.145. The fraction of sp³-hybridized carbons (Fsp3) is 0.222. The Hall–Kier alpha value is -0.350. The van der Waals surface area contributed by atoms with Crippen LogP contribution in [0.2, 0.25) is 0 Å². The van der Waals surface area contributed by atoms with Gasteiger partial charge in [0.05, 0.1) is 0 Å². The number of carbonyl (C=O) groups is 1. The van der Waals surface area contributed by atoms with E-state index in [1.807, 2.05) is 25.1 Å². The van der Waals surface area contributed by atoms with Crippen molar-refractivity contribution in [3.8, 4) is 0 Å². The highest BCUT2D eigenvalue weighted by Gasteiger charge is 2.09. The predicted octanol–water partition coefficient (Wildman–Crippen LogP) is 3.71. The van der Waals surface area contributed by atoms with Gasteiger partial charge in [0.2, 0.25) is 0 Å². The van der Waals surface area contributed by atoms with Gasteiger partial charge in [0, 0.05) is 33.1 Å². The number of benzene rings is 1. The maximum Gasteiger partial charge on any atom is 0.293 e. The molecule has 0 bridgehead atoms. The summed E-state index contributed by atoms with van der Waals surface area (Å²) in [5, 5.41) is 0. The summed E-state index contributed by atoms with van der Waals surface area (Å²) in [7, 11) is 1.73. The molecule has 1 aromatic rings. The van der Waals surface area contributed by atoms with Crippen molar-refractivity contribution in [3.05, 3.63) is 28.2 Å². The first-order chi connectivity index (χ1) is 6.02. The number of aryl methyl sites for hydroxylation is 1. The van der Waals surface area contributed by atoms with Crippen LogP contribution in [0.3, 0.4) is 0 Å². The first-order valence-corrected chi connectivity index (χ1v) is 5.30. The molecule has 1 amide bonds. The Balaban J connectivity index is 3.12. The average Bonchev–Trinajstić information content (AvgIpc) is 2.08. The number of rotatable bonds is 1. The Morgan fingerprint density at radius 3 is 2.62 bits per heavy atom. The van der Waals surface area contributed by atoms with E-state index in [4.69, 9.17) is 0 Å². The number of hydrogen-bond acceptors (Lipinski definition) is 1. The zero-order chi connectivity index (χ0) is 10.0. The van der Waals surface area contributed by atoms with E-state index in [-0.39, 0.29) is 4.82 Å². The van der Waals surface area contributed by atoms with Gasteiger partial charge in [-0.2, -0.15) is 0 Å². The van der Waals surface area contributed by atoms with Crippen molar-refractivity contribution in [2.45, 2.75) is 6.92 Å². The summed E-state index contributed by atoms with van der Waals surface area (Å²) in [5.74, 6) is 0. The van der Waals surface area contributed by atoms with Gasteiger partial charge in [-0.1, -0.05) is 22.0 Å². The van der Waals surface area contributed by atoms with E-state index < -0.39 is 0 Å². The molecule has 0 spiro atoms. The van der Waals surface area contributed by atoms with Crippen LogP contribution >= 0.6 is 31.9 Å². The Labute approximate surface area is 94.2 Å². The minimum absolute atomic E-state index is 0.145. The highest BCUT2D eigenvalue weighted by Crippen LogP contribution is 2.24. The lowest BCUT2D eigenvalue weighted by Gasteiger charge is -2.16. The molecule has 13 heavy (non-hydrogen) atoms. The Morgan fingerprint density at radius 2 is 2.08 bits per heavy atom. The highest BCUT2D eigenvalue weighted by molar-refractivity contribution is 9.18. The molecule has 1 aromatic carbocycles. The second-order valence-corrected chi connectivity index (χ2v) is 4.34. The molecular formula is C9H9Br2NO. The molecule has 0 aliphatic heterocycles. The summed E-state index contributed by atoms with van der Waals surface area (Å²) in [5.41, 5.74) is 1.97. The normalized spacial score (nSPS) is 9.85. The van der Waals surface area contributed by atoms with E-state index >= 15 is 0 Å². The van der Waals surface area contributed by atoms with E-state index in [0.717, 1.165) is 15.7 Å². The molecule has 1 rings (SSSR count). The van der Waals surface area contributed by atoms with Gasteiger partial charge in [0.1, 0.15) is 0 Å². The topological polar surface area (TPSA) is 20.3 Å². The van der Waals surface area contributed by atoms with Crippen LogP contribution in [0.5, 0.6) is 0 Å². The zero-order valence-corrected chi connectivity index (χ0v) is 10.5. The molecule has 0 aromatic heterocycles. The van der Waals surface area contributed by atoms with Gasteiger partial charge in [0.25, 0.3) is 4.82 Å². The largest absolute Gasteiger partial charge is 0.306 e. The molecule has 0 radical (unpaired) electrons. The highest BCUT2D eigenvalue weighted by atomic mass is 79.9. The SMILES string of the molecule is Cc1ccc(Br)cc1N(C)C(=O)Br. The fourth-order valence-electron chi connectivity index (χ4n) is 1.04. The summed E-state index contributed by atoms with van der Waals surface area (Å²) >= 11 is 6.27. The van der Waals surface area contributed by atoms with Crippen molar-refractivity contribution in [2.24, 2.45) is 0 Å². The fourth-order valence-corrected chi connectivity index (χ4v) is 1.58. The van der Waals surface area contributed by atoms with Gasteiger partial charge in [-0.15, -0.1) is 0 Å². The number of amides is 1. The summed E-state index contributed by atoms with van der Waals surface area (Å²) in [6.45, 7) is 1.97. The lowest BCUT2D eigenvalue weighted by molar-refractivity contribution is 0.267. The van der Waals surface area contributed by atoms with Gasteiger partial charge < -0.3 is 4.90 Å². The van der Waals surface area contributed by atoms with E-state index in [2.05, 4.69) is 31.9 Å². The van der Waals surface area contributed by atoms with Crippen molar-refractivity contribution in [2.75, 3.05) is 11.9 Å². The summed E-state index contributed by atoms with van der Waals surface area (Å²) in [4.78, 5) is 12.4. The maximum atomic E-state index is 11.0. The lowest BCUT2D eigenvalue weighted by atomic mass is 10.2. The molecule has 4 heteroatoms. The molecule has 0 saturated carbocycles. The van der Waals surface area contributed by atoms with Crippen LogP contribution in [0.15, 0.2) is 22.7 Å². The van der Waals surface area contributed by atoms with Crippen LogP contribution < -0.4 is 4.90 Å². The zero-order valence-electron chi connectivity index (χ0n) is 7.34. The molecule has 0 N–H and O–H groups in total. The van der Waals surface area contributed by atoms with Crippen LogP contribution in [0.4, 0.5) is 10.5 Å². The van der Waals surface area contributed by atoms with Crippen LogP contribution in [-0.2, 0) is 0 Å². The Morgan fingerprint density at radius 1 is 1.46 bits per heavy atom. The predicted molar refractivity (Wildman–Crippen MR) is 61.6 cm³/mol. The molecular weight excluding hydrogens is 298 g/mol. The Bertz CT molecular complexity index is 338. The van der Waals surface area contributed by atoms with Gasteiger partial charge in [0.15, 0.2) is 0 Å². The standard InChI is InChI=1S/C9H9Br2NO/c1-6-3-4-7(10)5-8(6)12(2)9(11)13/h3-5H,1-2H3. The van der Waals surface area contributed by atoms with Crippen LogP contribution in [-0.4, -0.2) is 11.9 Å². The van der Waals surface area contributed by atoms with Crippen molar-refractivity contribution >= 4 is 42.4 Å². The quantitative estimate of drug-likeness (QED) is 0.572. The molecule has 70 valence electrons. The van der Waals surface area contributed by atoms with Gasteiger partial charge >= 0.3 is 0 Å². The third-order valence-electron chi connectivity index (χ3n) is 1.80. The minimum Gasteiger partial charge on any atom is -0.306 e. The maximum absolute atomic E-state index is 11.0. The average molecular weight is 307 g/mol. The number of nitrogens with zero attached hydrogens (tertiary/aromatic N) is 1. The van der Waals surface area contributed by atoms with E-state index in [1.54, 1.807) is 11.9 Å². The third-order valence-corrected chi connectivity index (χ3v) is 2.82. The molecule has 0 unspecified atom stereocenters. The monoisotopic (exact) mass is 305 g/mol. The second-order valence-electron chi connectivity index (χ2n) is 2.74. The number of carbonyl (C=O) groups excluding carboxylic acids is 1.